The van der Waals surface area contributed by atoms with Gasteiger partial charge in [-0.1, -0.05) is 0 Å². The standard InChI is InChI=1S/C16H21N3O2/c20-16(18-11-1-2-11)19-12-3-4-13(19)10-15(9-12)21-14-5-7-17-8-6-14/h5-8,11-13,15H,1-4,9-10H2,(H,18,20)/t12-,13-/m0/s1. The summed E-state index contributed by atoms with van der Waals surface area (Å²) in [5.74, 6) is 0.880. The molecule has 2 saturated heterocycles. The fourth-order valence-electron chi connectivity index (χ4n) is 3.64. The third-order valence-electron chi connectivity index (χ3n) is 4.78. The number of carbonyl (C=O) groups is 1. The molecule has 3 aliphatic rings. The van der Waals surface area contributed by atoms with Crippen molar-refractivity contribution in [2.24, 2.45) is 0 Å². The number of amides is 2. The molecule has 1 aromatic heterocycles. The Morgan fingerprint density at radius 3 is 2.43 bits per heavy atom. The molecular weight excluding hydrogens is 266 g/mol. The molecule has 3 fully saturated rings. The lowest BCUT2D eigenvalue weighted by Gasteiger charge is -2.38. The molecule has 1 N–H and O–H groups in total. The molecule has 112 valence electrons. The zero-order valence-corrected chi connectivity index (χ0v) is 12.1. The maximum absolute atomic E-state index is 12.3. The van der Waals surface area contributed by atoms with Crippen molar-refractivity contribution in [3.63, 3.8) is 0 Å². The van der Waals surface area contributed by atoms with Gasteiger partial charge in [0.25, 0.3) is 0 Å². The number of hydrogen-bond donors (Lipinski definition) is 1. The maximum atomic E-state index is 12.3. The van der Waals surface area contributed by atoms with Gasteiger partial charge in [-0.2, -0.15) is 0 Å². The van der Waals surface area contributed by atoms with Crippen LogP contribution in [0.4, 0.5) is 4.79 Å². The minimum absolute atomic E-state index is 0.146. The van der Waals surface area contributed by atoms with Gasteiger partial charge in [0.15, 0.2) is 0 Å². The topological polar surface area (TPSA) is 54.5 Å². The van der Waals surface area contributed by atoms with Crippen LogP contribution in [0.1, 0.15) is 38.5 Å². The number of pyridine rings is 1. The monoisotopic (exact) mass is 287 g/mol. The van der Waals surface area contributed by atoms with E-state index in [0.29, 0.717) is 18.1 Å². The lowest BCUT2D eigenvalue weighted by molar-refractivity contribution is 0.0686. The second-order valence-electron chi connectivity index (χ2n) is 6.41. The number of hydrogen-bond acceptors (Lipinski definition) is 3. The number of piperidine rings is 1. The molecule has 1 saturated carbocycles. The Bertz CT molecular complexity index is 504. The normalized spacial score (nSPS) is 31.0. The van der Waals surface area contributed by atoms with Gasteiger partial charge in [0.05, 0.1) is 0 Å². The smallest absolute Gasteiger partial charge is 0.318 e. The summed E-state index contributed by atoms with van der Waals surface area (Å²) >= 11 is 0. The van der Waals surface area contributed by atoms with Crippen molar-refractivity contribution in [3.8, 4) is 5.75 Å². The molecule has 0 aromatic carbocycles. The molecule has 0 radical (unpaired) electrons. The van der Waals surface area contributed by atoms with E-state index in [0.717, 1.165) is 44.3 Å². The van der Waals surface area contributed by atoms with E-state index in [1.807, 2.05) is 12.1 Å². The highest BCUT2D eigenvalue weighted by molar-refractivity contribution is 5.76. The Morgan fingerprint density at radius 2 is 1.81 bits per heavy atom. The maximum Gasteiger partial charge on any atom is 0.318 e. The fraction of sp³-hybridized carbons (Fsp3) is 0.625. The molecular formula is C16H21N3O2. The second kappa shape index (κ2) is 5.20. The van der Waals surface area contributed by atoms with E-state index in [9.17, 15) is 4.79 Å². The van der Waals surface area contributed by atoms with Gasteiger partial charge >= 0.3 is 6.03 Å². The molecule has 2 atom stereocenters. The summed E-state index contributed by atoms with van der Waals surface area (Å²) in [6.45, 7) is 0. The Hall–Kier alpha value is -1.78. The molecule has 21 heavy (non-hydrogen) atoms. The summed E-state index contributed by atoms with van der Waals surface area (Å²) in [5, 5.41) is 3.13. The molecule has 1 aromatic rings. The number of ether oxygens (including phenoxy) is 1. The van der Waals surface area contributed by atoms with E-state index in [2.05, 4.69) is 15.2 Å². The van der Waals surface area contributed by atoms with Gasteiger partial charge in [0, 0.05) is 43.4 Å². The van der Waals surface area contributed by atoms with E-state index >= 15 is 0 Å². The average molecular weight is 287 g/mol. The van der Waals surface area contributed by atoms with Crippen LogP contribution in [0.5, 0.6) is 5.75 Å². The molecule has 3 heterocycles. The minimum atomic E-state index is 0.146. The Kier molecular flexibility index (Phi) is 3.20. The zero-order chi connectivity index (χ0) is 14.2. The third kappa shape index (κ3) is 2.69. The van der Waals surface area contributed by atoms with E-state index in [4.69, 9.17) is 4.74 Å². The van der Waals surface area contributed by atoms with Crippen LogP contribution in [0.2, 0.25) is 0 Å². The number of carbonyl (C=O) groups excluding carboxylic acids is 1. The highest BCUT2D eigenvalue weighted by Gasteiger charge is 2.44. The van der Waals surface area contributed by atoms with E-state index in [1.165, 1.54) is 0 Å². The van der Waals surface area contributed by atoms with Crippen LogP contribution >= 0.6 is 0 Å². The van der Waals surface area contributed by atoms with Crippen LogP contribution < -0.4 is 10.1 Å². The van der Waals surface area contributed by atoms with Crippen LogP contribution in [0, 0.1) is 0 Å². The third-order valence-corrected chi connectivity index (χ3v) is 4.78. The molecule has 2 bridgehead atoms. The molecule has 1 aliphatic carbocycles. The minimum Gasteiger partial charge on any atom is -0.490 e. The van der Waals surface area contributed by atoms with Gasteiger partial charge in [0.1, 0.15) is 11.9 Å². The Labute approximate surface area is 124 Å². The summed E-state index contributed by atoms with van der Waals surface area (Å²) in [4.78, 5) is 18.4. The predicted molar refractivity (Wildman–Crippen MR) is 78.1 cm³/mol. The van der Waals surface area contributed by atoms with Crippen molar-refractivity contribution >= 4 is 6.03 Å². The first-order chi connectivity index (χ1) is 10.3. The highest BCUT2D eigenvalue weighted by atomic mass is 16.5. The summed E-state index contributed by atoms with van der Waals surface area (Å²) in [5.41, 5.74) is 0. The average Bonchev–Trinajstić information content (AvgIpc) is 3.25. The summed E-state index contributed by atoms with van der Waals surface area (Å²) in [7, 11) is 0. The SMILES string of the molecule is O=C(NC1CC1)N1[C@H]2CC[C@H]1CC(Oc1ccncc1)C2. The molecule has 2 amide bonds. The number of nitrogens with one attached hydrogen (secondary N) is 1. The van der Waals surface area contributed by atoms with Gasteiger partial charge < -0.3 is 15.0 Å². The van der Waals surface area contributed by atoms with Crippen molar-refractivity contribution < 1.29 is 9.53 Å². The van der Waals surface area contributed by atoms with Crippen molar-refractivity contribution in [2.75, 3.05) is 0 Å². The zero-order valence-electron chi connectivity index (χ0n) is 12.1. The van der Waals surface area contributed by atoms with Crippen molar-refractivity contribution in [3.05, 3.63) is 24.5 Å². The fourth-order valence-corrected chi connectivity index (χ4v) is 3.64. The molecule has 2 aliphatic heterocycles. The largest absolute Gasteiger partial charge is 0.490 e. The molecule has 5 nitrogen and oxygen atoms in total. The van der Waals surface area contributed by atoms with Crippen LogP contribution in [0.25, 0.3) is 0 Å². The summed E-state index contributed by atoms with van der Waals surface area (Å²) in [6.07, 6.45) is 10.1. The number of urea groups is 1. The first-order valence-corrected chi connectivity index (χ1v) is 7.95. The van der Waals surface area contributed by atoms with Gasteiger partial charge in [-0.15, -0.1) is 0 Å². The highest BCUT2D eigenvalue weighted by Crippen LogP contribution is 2.37. The van der Waals surface area contributed by atoms with Crippen LogP contribution in [-0.2, 0) is 0 Å². The van der Waals surface area contributed by atoms with E-state index < -0.39 is 0 Å². The number of fused-ring (bicyclic) bond motifs is 2. The molecule has 0 spiro atoms. The van der Waals surface area contributed by atoms with E-state index in [-0.39, 0.29) is 12.1 Å². The molecule has 0 unspecified atom stereocenters. The molecule has 4 rings (SSSR count). The predicted octanol–water partition coefficient (Wildman–Crippen LogP) is 2.33. The Balaban J connectivity index is 1.39. The molecule has 5 heteroatoms. The number of rotatable bonds is 3. The second-order valence-corrected chi connectivity index (χ2v) is 6.41. The quantitative estimate of drug-likeness (QED) is 0.928. The lowest BCUT2D eigenvalue weighted by atomic mass is 10.00. The van der Waals surface area contributed by atoms with Crippen molar-refractivity contribution in [1.82, 2.24) is 15.2 Å². The van der Waals surface area contributed by atoms with Crippen molar-refractivity contribution in [2.45, 2.75) is 62.8 Å². The van der Waals surface area contributed by atoms with Gasteiger partial charge in [-0.25, -0.2) is 4.79 Å². The van der Waals surface area contributed by atoms with Gasteiger partial charge in [-0.05, 0) is 37.8 Å². The van der Waals surface area contributed by atoms with Gasteiger partial charge in [-0.3, -0.25) is 4.98 Å². The van der Waals surface area contributed by atoms with Crippen LogP contribution in [0.15, 0.2) is 24.5 Å². The van der Waals surface area contributed by atoms with Crippen molar-refractivity contribution in [1.29, 1.82) is 0 Å². The van der Waals surface area contributed by atoms with Crippen LogP contribution in [-0.4, -0.2) is 40.1 Å². The Morgan fingerprint density at radius 1 is 1.14 bits per heavy atom. The summed E-state index contributed by atoms with van der Waals surface area (Å²) < 4.78 is 6.06. The van der Waals surface area contributed by atoms with Crippen LogP contribution in [0.3, 0.4) is 0 Å². The number of nitrogens with zero attached hydrogens (tertiary/aromatic N) is 2. The van der Waals surface area contributed by atoms with Gasteiger partial charge in [0.2, 0.25) is 0 Å². The van der Waals surface area contributed by atoms with E-state index in [1.54, 1.807) is 12.4 Å². The first-order valence-electron chi connectivity index (χ1n) is 7.95. The first kappa shape index (κ1) is 12.9. The number of aromatic nitrogens is 1. The summed E-state index contributed by atoms with van der Waals surface area (Å²) in [6, 6.07) is 5.06. The lowest BCUT2D eigenvalue weighted by Crippen LogP contribution is -2.53.